The molecule has 1 aliphatic heterocycles. The molecule has 6 nitrogen and oxygen atoms in total. The van der Waals surface area contributed by atoms with Gasteiger partial charge in [0.05, 0.1) is 11.5 Å². The van der Waals surface area contributed by atoms with Crippen molar-refractivity contribution in [3.05, 3.63) is 30.0 Å². The molecule has 2 aromatic heterocycles. The highest BCUT2D eigenvalue weighted by Crippen LogP contribution is 2.56. The van der Waals surface area contributed by atoms with Gasteiger partial charge in [-0.25, -0.2) is 4.98 Å². The minimum atomic E-state index is -4.36. The Kier molecular flexibility index (Phi) is 4.29. The molecule has 2 atom stereocenters. The molecule has 0 spiro atoms. The van der Waals surface area contributed by atoms with Crippen molar-refractivity contribution >= 4 is 34.6 Å². The van der Waals surface area contributed by atoms with Crippen molar-refractivity contribution in [3.63, 3.8) is 0 Å². The fourth-order valence-electron chi connectivity index (χ4n) is 4.45. The van der Waals surface area contributed by atoms with Crippen LogP contribution in [0.4, 0.5) is 19.0 Å². The third kappa shape index (κ3) is 3.21. The molecule has 2 fully saturated rings. The average Bonchev–Trinajstić information content (AvgIpc) is 3.63. The minimum absolute atomic E-state index is 0.0389. The van der Waals surface area contributed by atoms with Crippen LogP contribution in [0.1, 0.15) is 31.2 Å². The second-order valence-electron chi connectivity index (χ2n) is 8.39. The molecule has 2 aliphatic carbocycles. The maximum absolute atomic E-state index is 13.1. The number of H-pyrrole nitrogens is 1. The van der Waals surface area contributed by atoms with E-state index >= 15 is 0 Å². The highest BCUT2D eigenvalue weighted by atomic mass is 19.4. The Balaban J connectivity index is 1.40. The molecule has 5 rings (SSSR count). The lowest BCUT2D eigenvalue weighted by molar-refractivity contribution is -0.160. The van der Waals surface area contributed by atoms with Crippen molar-refractivity contribution in [2.45, 2.75) is 37.4 Å². The summed E-state index contributed by atoms with van der Waals surface area (Å²) in [6.45, 7) is 0.647. The standard InChI is InChI=1S/C21H21F3N4O2/c22-21(23,24)16-10-20(16,11-29)28-7-4-12(5-8-28)15-9-17(27-19(30)13-1-2-13)26-18-14(15)3-6-25-18/h3-4,6,9,11,13,16H,1-2,5,7-8,10H2,(H2,25,26,27,30). The third-order valence-corrected chi connectivity index (χ3v) is 6.45. The summed E-state index contributed by atoms with van der Waals surface area (Å²) in [6, 6.07) is 3.72. The number of rotatable bonds is 5. The van der Waals surface area contributed by atoms with Gasteiger partial charge >= 0.3 is 6.18 Å². The van der Waals surface area contributed by atoms with Crippen molar-refractivity contribution in [2.75, 3.05) is 18.4 Å². The molecule has 2 unspecified atom stereocenters. The highest BCUT2D eigenvalue weighted by molar-refractivity contribution is 5.97. The molecule has 158 valence electrons. The largest absolute Gasteiger partial charge is 0.394 e. The quantitative estimate of drug-likeness (QED) is 0.729. The molecule has 2 saturated carbocycles. The zero-order valence-electron chi connectivity index (χ0n) is 16.1. The van der Waals surface area contributed by atoms with E-state index in [0.29, 0.717) is 30.7 Å². The number of aromatic amines is 1. The predicted octanol–water partition coefficient (Wildman–Crippen LogP) is 3.52. The molecule has 0 aromatic carbocycles. The smallest absolute Gasteiger partial charge is 0.346 e. The second-order valence-corrected chi connectivity index (χ2v) is 8.39. The zero-order valence-corrected chi connectivity index (χ0v) is 16.1. The molecule has 30 heavy (non-hydrogen) atoms. The Hall–Kier alpha value is -2.68. The van der Waals surface area contributed by atoms with Crippen molar-refractivity contribution in [1.82, 2.24) is 14.9 Å². The number of carbonyl (C=O) groups excluding carboxylic acids is 2. The summed E-state index contributed by atoms with van der Waals surface area (Å²) in [6.07, 6.45) is 1.88. The second kappa shape index (κ2) is 6.66. The van der Waals surface area contributed by atoms with E-state index < -0.39 is 17.6 Å². The molecule has 0 saturated heterocycles. The third-order valence-electron chi connectivity index (χ3n) is 6.45. The van der Waals surface area contributed by atoms with Gasteiger partial charge in [0.15, 0.2) is 0 Å². The van der Waals surface area contributed by atoms with Gasteiger partial charge in [0.2, 0.25) is 5.91 Å². The van der Waals surface area contributed by atoms with Crippen LogP contribution in [0.3, 0.4) is 0 Å². The first-order valence-corrected chi connectivity index (χ1v) is 10.1. The molecule has 9 heteroatoms. The van der Waals surface area contributed by atoms with Crippen molar-refractivity contribution in [2.24, 2.45) is 11.8 Å². The number of fused-ring (bicyclic) bond motifs is 1. The number of amides is 1. The molecule has 0 radical (unpaired) electrons. The van der Waals surface area contributed by atoms with Gasteiger partial charge < -0.3 is 15.1 Å². The van der Waals surface area contributed by atoms with Crippen molar-refractivity contribution in [1.29, 1.82) is 0 Å². The topological polar surface area (TPSA) is 78.1 Å². The number of aromatic nitrogens is 2. The molecular formula is C21H21F3N4O2. The summed E-state index contributed by atoms with van der Waals surface area (Å²) in [5.74, 6) is -1.11. The normalized spacial score (nSPS) is 27.0. The first-order chi connectivity index (χ1) is 14.3. The Morgan fingerprint density at radius 2 is 2.17 bits per heavy atom. The van der Waals surface area contributed by atoms with Gasteiger partial charge in [-0.15, -0.1) is 0 Å². The molecule has 3 heterocycles. The van der Waals surface area contributed by atoms with Gasteiger partial charge in [0, 0.05) is 30.6 Å². The Morgan fingerprint density at radius 3 is 2.77 bits per heavy atom. The van der Waals surface area contributed by atoms with E-state index in [1.807, 2.05) is 18.2 Å². The summed E-state index contributed by atoms with van der Waals surface area (Å²) in [4.78, 5) is 32.8. The number of hydrogen-bond acceptors (Lipinski definition) is 4. The number of nitrogens with one attached hydrogen (secondary N) is 2. The summed E-state index contributed by atoms with van der Waals surface area (Å²) in [7, 11) is 0. The minimum Gasteiger partial charge on any atom is -0.346 e. The number of carbonyl (C=O) groups is 2. The van der Waals surface area contributed by atoms with E-state index in [2.05, 4.69) is 15.3 Å². The summed E-state index contributed by atoms with van der Waals surface area (Å²) < 4.78 is 39.4. The van der Waals surface area contributed by atoms with Gasteiger partial charge in [-0.2, -0.15) is 13.2 Å². The number of hydrogen-bond donors (Lipinski definition) is 2. The van der Waals surface area contributed by atoms with Gasteiger partial charge in [0.25, 0.3) is 0 Å². The number of anilines is 1. The predicted molar refractivity (Wildman–Crippen MR) is 105 cm³/mol. The lowest BCUT2D eigenvalue weighted by atomic mass is 9.96. The number of nitrogens with zero attached hydrogens (tertiary/aromatic N) is 2. The number of pyridine rings is 1. The van der Waals surface area contributed by atoms with E-state index in [0.717, 1.165) is 29.4 Å². The van der Waals surface area contributed by atoms with Crippen LogP contribution < -0.4 is 5.32 Å². The SMILES string of the molecule is O=CC1(N2CC=C(c3cc(NC(=O)C4CC4)nc4[nH]ccc34)CC2)CC1C(F)(F)F. The van der Waals surface area contributed by atoms with E-state index in [9.17, 15) is 22.8 Å². The Labute approximate surface area is 170 Å². The first-order valence-electron chi connectivity index (χ1n) is 10.1. The van der Waals surface area contributed by atoms with Crippen LogP contribution in [0.2, 0.25) is 0 Å². The van der Waals surface area contributed by atoms with Crippen LogP contribution >= 0.6 is 0 Å². The maximum Gasteiger partial charge on any atom is 0.394 e. The van der Waals surface area contributed by atoms with Crippen LogP contribution in [0.5, 0.6) is 0 Å². The number of alkyl halides is 3. The molecule has 3 aliphatic rings. The highest BCUT2D eigenvalue weighted by Gasteiger charge is 2.69. The zero-order chi connectivity index (χ0) is 21.1. The van der Waals surface area contributed by atoms with Crippen molar-refractivity contribution < 1.29 is 22.8 Å². The van der Waals surface area contributed by atoms with E-state index in [1.54, 1.807) is 11.1 Å². The van der Waals surface area contributed by atoms with E-state index in [4.69, 9.17) is 0 Å². The first kappa shape index (κ1) is 19.3. The molecule has 0 bridgehead atoms. The number of aldehydes is 1. The fourth-order valence-corrected chi connectivity index (χ4v) is 4.45. The summed E-state index contributed by atoms with van der Waals surface area (Å²) >= 11 is 0. The Bertz CT molecular complexity index is 1060. The lowest BCUT2D eigenvalue weighted by Gasteiger charge is -2.32. The fraction of sp³-hybridized carbons (Fsp3) is 0.476. The number of halogens is 3. The van der Waals surface area contributed by atoms with E-state index in [-0.39, 0.29) is 24.8 Å². The van der Waals surface area contributed by atoms with Crippen LogP contribution in [0.25, 0.3) is 16.6 Å². The van der Waals surface area contributed by atoms with Crippen molar-refractivity contribution in [3.8, 4) is 0 Å². The molecule has 1 amide bonds. The summed E-state index contributed by atoms with van der Waals surface area (Å²) in [5, 5.41) is 3.75. The van der Waals surface area contributed by atoms with Gasteiger partial charge in [-0.1, -0.05) is 6.08 Å². The monoisotopic (exact) mass is 418 g/mol. The Morgan fingerprint density at radius 1 is 1.37 bits per heavy atom. The summed E-state index contributed by atoms with van der Waals surface area (Å²) in [5.41, 5.74) is 1.09. The van der Waals surface area contributed by atoms with E-state index in [1.165, 1.54) is 0 Å². The molecular weight excluding hydrogens is 397 g/mol. The van der Waals surface area contributed by atoms with Crippen LogP contribution in [-0.2, 0) is 9.59 Å². The molecule has 2 N–H and O–H groups in total. The average molecular weight is 418 g/mol. The van der Waals surface area contributed by atoms with Gasteiger partial charge in [-0.05, 0) is 49.0 Å². The lowest BCUT2D eigenvalue weighted by Crippen LogP contribution is -2.44. The van der Waals surface area contributed by atoms with Gasteiger partial charge in [0.1, 0.15) is 17.8 Å². The molecule has 2 aromatic rings. The van der Waals surface area contributed by atoms with Gasteiger partial charge in [-0.3, -0.25) is 9.69 Å². The maximum atomic E-state index is 13.1. The van der Waals surface area contributed by atoms with Crippen LogP contribution in [-0.4, -0.2) is 51.9 Å². The van der Waals surface area contributed by atoms with Crippen LogP contribution in [0.15, 0.2) is 24.4 Å². The van der Waals surface area contributed by atoms with Crippen LogP contribution in [0, 0.1) is 11.8 Å².